The van der Waals surface area contributed by atoms with Crippen LogP contribution >= 0.6 is 0 Å². The van der Waals surface area contributed by atoms with Crippen LogP contribution in [0, 0.1) is 11.3 Å². The van der Waals surface area contributed by atoms with Crippen LogP contribution in [0.4, 0.5) is 0 Å². The van der Waals surface area contributed by atoms with Crippen LogP contribution in [-0.4, -0.2) is 23.0 Å². The molecule has 0 radical (unpaired) electrons. The van der Waals surface area contributed by atoms with Gasteiger partial charge in [-0.2, -0.15) is 5.26 Å². The van der Waals surface area contributed by atoms with E-state index in [0.29, 0.717) is 5.56 Å². The summed E-state index contributed by atoms with van der Waals surface area (Å²) in [6.45, 7) is 0. The van der Waals surface area contributed by atoms with Crippen molar-refractivity contribution < 1.29 is 14.7 Å². The Bertz CT molecular complexity index is 620. The van der Waals surface area contributed by atoms with Crippen LogP contribution in [-0.2, 0) is 4.79 Å². The maximum Gasteiger partial charge on any atom is 0.335 e. The van der Waals surface area contributed by atoms with Gasteiger partial charge in [0.05, 0.1) is 5.56 Å². The third-order valence-electron chi connectivity index (χ3n) is 3.77. The highest BCUT2D eigenvalue weighted by Crippen LogP contribution is 2.18. The maximum absolute atomic E-state index is 12.1. The van der Waals surface area contributed by atoms with E-state index in [9.17, 15) is 9.59 Å². The van der Waals surface area contributed by atoms with Gasteiger partial charge in [0, 0.05) is 6.04 Å². The van der Waals surface area contributed by atoms with Gasteiger partial charge in [-0.25, -0.2) is 4.79 Å². The average molecular weight is 298 g/mol. The van der Waals surface area contributed by atoms with Gasteiger partial charge < -0.3 is 10.4 Å². The van der Waals surface area contributed by atoms with Crippen LogP contribution in [0.15, 0.2) is 29.8 Å². The van der Waals surface area contributed by atoms with E-state index in [4.69, 9.17) is 10.4 Å². The Kier molecular flexibility index (Phi) is 5.31. The van der Waals surface area contributed by atoms with Crippen LogP contribution in [0.2, 0.25) is 0 Å². The number of carboxylic acids is 1. The van der Waals surface area contributed by atoms with Crippen molar-refractivity contribution in [3.8, 4) is 6.07 Å². The summed E-state index contributed by atoms with van der Waals surface area (Å²) >= 11 is 0. The summed E-state index contributed by atoms with van der Waals surface area (Å²) in [5.74, 6) is -1.37. The standard InChI is InChI=1S/C17H18N2O3/c18-11-14(16(20)19-15-4-2-1-3-5-15)10-12-6-8-13(9-7-12)17(21)22/h6-10,15H,1-5H2,(H,19,20)(H,21,22)/b14-10-. The van der Waals surface area contributed by atoms with E-state index in [1.807, 2.05) is 6.07 Å². The summed E-state index contributed by atoms with van der Waals surface area (Å²) in [6.07, 6.45) is 6.79. The van der Waals surface area contributed by atoms with Gasteiger partial charge in [-0.05, 0) is 36.6 Å². The maximum atomic E-state index is 12.1. The zero-order valence-corrected chi connectivity index (χ0v) is 12.2. The molecule has 1 aromatic carbocycles. The van der Waals surface area contributed by atoms with Gasteiger partial charge in [-0.15, -0.1) is 0 Å². The number of carboxylic acid groups (broad SMARTS) is 1. The second kappa shape index (κ2) is 7.41. The lowest BCUT2D eigenvalue weighted by Crippen LogP contribution is -2.36. The molecular weight excluding hydrogens is 280 g/mol. The van der Waals surface area contributed by atoms with Crippen molar-refractivity contribution in [3.05, 3.63) is 41.0 Å². The van der Waals surface area contributed by atoms with Crippen molar-refractivity contribution in [1.82, 2.24) is 5.32 Å². The summed E-state index contributed by atoms with van der Waals surface area (Å²) in [5.41, 5.74) is 0.830. The molecule has 0 saturated heterocycles. The lowest BCUT2D eigenvalue weighted by Gasteiger charge is -2.22. The number of carbonyl (C=O) groups excluding carboxylic acids is 1. The normalized spacial score (nSPS) is 15.9. The number of hydrogen-bond donors (Lipinski definition) is 2. The smallest absolute Gasteiger partial charge is 0.335 e. The van der Waals surface area contributed by atoms with Gasteiger partial charge in [0.1, 0.15) is 11.6 Å². The molecule has 1 aromatic rings. The minimum absolute atomic E-state index is 0.0358. The number of nitrogens with one attached hydrogen (secondary N) is 1. The SMILES string of the molecule is N#C/C(=C/c1ccc(C(=O)O)cc1)C(=O)NC1CCCCC1. The van der Waals surface area contributed by atoms with Gasteiger partial charge in [0.2, 0.25) is 0 Å². The fraction of sp³-hybridized carbons (Fsp3) is 0.353. The molecule has 0 bridgehead atoms. The van der Waals surface area contributed by atoms with Gasteiger partial charge >= 0.3 is 5.97 Å². The summed E-state index contributed by atoms with van der Waals surface area (Å²) in [4.78, 5) is 22.9. The number of benzene rings is 1. The van der Waals surface area contributed by atoms with Crippen molar-refractivity contribution in [2.75, 3.05) is 0 Å². The first-order valence-corrected chi connectivity index (χ1v) is 7.36. The molecule has 5 heteroatoms. The zero-order chi connectivity index (χ0) is 15.9. The quantitative estimate of drug-likeness (QED) is 0.660. The Hall–Kier alpha value is -2.61. The molecule has 1 aliphatic rings. The number of aromatic carboxylic acids is 1. The van der Waals surface area contributed by atoms with Crippen molar-refractivity contribution in [2.24, 2.45) is 0 Å². The Balaban J connectivity index is 2.07. The van der Waals surface area contributed by atoms with Crippen LogP contribution in [0.1, 0.15) is 48.0 Å². The molecule has 114 valence electrons. The number of nitriles is 1. The molecule has 0 unspecified atom stereocenters. The summed E-state index contributed by atoms with van der Waals surface area (Å²) in [5, 5.41) is 20.9. The van der Waals surface area contributed by atoms with E-state index in [1.165, 1.54) is 24.6 Å². The molecule has 1 saturated carbocycles. The predicted octanol–water partition coefficient (Wildman–Crippen LogP) is 2.74. The topological polar surface area (TPSA) is 90.2 Å². The third-order valence-corrected chi connectivity index (χ3v) is 3.77. The van der Waals surface area contributed by atoms with Crippen LogP contribution in [0.25, 0.3) is 6.08 Å². The van der Waals surface area contributed by atoms with Crippen molar-refractivity contribution in [1.29, 1.82) is 5.26 Å². The third kappa shape index (κ3) is 4.19. The van der Waals surface area contributed by atoms with Crippen molar-refractivity contribution in [3.63, 3.8) is 0 Å². The Morgan fingerprint density at radius 1 is 1.18 bits per heavy atom. The van der Waals surface area contributed by atoms with Crippen molar-refractivity contribution in [2.45, 2.75) is 38.1 Å². The van der Waals surface area contributed by atoms with Gasteiger partial charge in [-0.1, -0.05) is 31.4 Å². The van der Waals surface area contributed by atoms with E-state index in [2.05, 4.69) is 5.32 Å². The average Bonchev–Trinajstić information content (AvgIpc) is 2.53. The first kappa shape index (κ1) is 15.8. The Morgan fingerprint density at radius 2 is 1.82 bits per heavy atom. The second-order valence-corrected chi connectivity index (χ2v) is 5.41. The van der Waals surface area contributed by atoms with Gasteiger partial charge in [0.15, 0.2) is 0 Å². The molecular formula is C17H18N2O3. The van der Waals surface area contributed by atoms with E-state index in [-0.39, 0.29) is 23.1 Å². The van der Waals surface area contributed by atoms with E-state index >= 15 is 0 Å². The molecule has 5 nitrogen and oxygen atoms in total. The summed E-state index contributed by atoms with van der Waals surface area (Å²) < 4.78 is 0. The number of hydrogen-bond acceptors (Lipinski definition) is 3. The van der Waals surface area contributed by atoms with Gasteiger partial charge in [0.25, 0.3) is 5.91 Å². The highest BCUT2D eigenvalue weighted by molar-refractivity contribution is 6.01. The predicted molar refractivity (Wildman–Crippen MR) is 82.0 cm³/mol. The summed E-state index contributed by atoms with van der Waals surface area (Å²) in [6, 6.07) is 8.11. The zero-order valence-electron chi connectivity index (χ0n) is 12.2. The Labute approximate surface area is 129 Å². The monoisotopic (exact) mass is 298 g/mol. The van der Waals surface area contributed by atoms with Crippen LogP contribution < -0.4 is 5.32 Å². The lowest BCUT2D eigenvalue weighted by molar-refractivity contribution is -0.117. The van der Waals surface area contributed by atoms with E-state index < -0.39 is 5.97 Å². The highest BCUT2D eigenvalue weighted by atomic mass is 16.4. The van der Waals surface area contributed by atoms with Crippen LogP contribution in [0.5, 0.6) is 0 Å². The molecule has 1 aliphatic carbocycles. The molecule has 0 heterocycles. The fourth-order valence-corrected chi connectivity index (χ4v) is 2.55. The molecule has 2 rings (SSSR count). The number of nitrogens with zero attached hydrogens (tertiary/aromatic N) is 1. The number of rotatable bonds is 4. The lowest BCUT2D eigenvalue weighted by atomic mass is 9.95. The molecule has 0 atom stereocenters. The first-order chi connectivity index (χ1) is 10.6. The van der Waals surface area contributed by atoms with Crippen LogP contribution in [0.3, 0.4) is 0 Å². The van der Waals surface area contributed by atoms with E-state index in [0.717, 1.165) is 25.7 Å². The molecule has 2 N–H and O–H groups in total. The first-order valence-electron chi connectivity index (χ1n) is 7.36. The second-order valence-electron chi connectivity index (χ2n) is 5.41. The highest BCUT2D eigenvalue weighted by Gasteiger charge is 2.18. The van der Waals surface area contributed by atoms with Crippen molar-refractivity contribution >= 4 is 18.0 Å². The number of amides is 1. The molecule has 0 aliphatic heterocycles. The minimum Gasteiger partial charge on any atom is -0.478 e. The molecule has 0 aromatic heterocycles. The Morgan fingerprint density at radius 3 is 2.36 bits per heavy atom. The summed E-state index contributed by atoms with van der Waals surface area (Å²) in [7, 11) is 0. The fourth-order valence-electron chi connectivity index (χ4n) is 2.55. The largest absolute Gasteiger partial charge is 0.478 e. The minimum atomic E-state index is -1.01. The van der Waals surface area contributed by atoms with Gasteiger partial charge in [-0.3, -0.25) is 4.79 Å². The molecule has 0 spiro atoms. The molecule has 1 amide bonds. The van der Waals surface area contributed by atoms with E-state index in [1.54, 1.807) is 12.1 Å². The number of carbonyl (C=O) groups is 2. The molecule has 22 heavy (non-hydrogen) atoms. The molecule has 1 fully saturated rings.